The number of hydrogen-bond donors (Lipinski definition) is 3. The van der Waals surface area contributed by atoms with Crippen molar-refractivity contribution in [3.05, 3.63) is 347 Å². The molecule has 0 unspecified atom stereocenters. The number of rotatable bonds is 27. The maximum absolute atomic E-state index is 11.1. The van der Waals surface area contributed by atoms with E-state index in [0.29, 0.717) is 6.61 Å². The van der Waals surface area contributed by atoms with E-state index in [1.165, 1.54) is 95.0 Å². The van der Waals surface area contributed by atoms with E-state index >= 15 is 0 Å². The molecule has 0 spiro atoms. The van der Waals surface area contributed by atoms with Crippen LogP contribution in [0.1, 0.15) is 142 Å². The van der Waals surface area contributed by atoms with Crippen LogP contribution in [0.3, 0.4) is 0 Å². The number of likely N-dealkylation sites (tertiary alicyclic amines) is 2. The van der Waals surface area contributed by atoms with E-state index in [9.17, 15) is 24.3 Å². The normalized spacial score (nSPS) is 11.9. The van der Waals surface area contributed by atoms with Gasteiger partial charge in [0.15, 0.2) is 11.6 Å². The smallest absolute Gasteiger partial charge is 1.00 e. The summed E-state index contributed by atoms with van der Waals surface area (Å²) in [5, 5.41) is 23.1. The fourth-order valence-corrected chi connectivity index (χ4v) is 12.5. The number of phenols is 1. The van der Waals surface area contributed by atoms with Gasteiger partial charge in [-0.25, -0.2) is 14.0 Å². The van der Waals surface area contributed by atoms with Gasteiger partial charge in [0.05, 0.1) is 78.0 Å². The van der Waals surface area contributed by atoms with Crippen LogP contribution in [0.2, 0.25) is 0 Å². The monoisotopic (exact) mass is 1950 g/mol. The molecule has 25 heteroatoms. The van der Waals surface area contributed by atoms with Crippen molar-refractivity contribution in [2.24, 2.45) is 0 Å². The number of aryl methyl sites for hydroxylation is 4. The predicted octanol–water partition coefficient (Wildman–Crippen LogP) is 21.8. The number of Topliss-reactive ketones (excluding diaryl/α,β-unsaturated/α-hetero) is 1. The second-order valence-electron chi connectivity index (χ2n) is 28.9. The van der Waals surface area contributed by atoms with Crippen molar-refractivity contribution in [2.45, 2.75) is 100 Å². The molecule has 0 atom stereocenters. The Balaban J connectivity index is 0.000000316. The number of carbonyl (C=O) groups excluding carboxylic acids is 4. The van der Waals surface area contributed by atoms with Crippen LogP contribution in [-0.4, -0.2) is 136 Å². The van der Waals surface area contributed by atoms with Crippen LogP contribution in [0, 0.1) is 27.7 Å². The molecule has 2 aliphatic rings. The SMILES string of the molecule is BrB(Br)Br.CC(=O)/C=C/c1ccccc1.CC(=O)CC(=O)/C=C/c1ccccc1.CCOC(C)=O.COc1ccc(-n2nc(C)cc2/C=C/c2ccccc2)cc1.Cc1cc(/C=C/c2ccccc2)n(-c2ccc(O)cc2)n1.Cc1cc(/C=C/c2ccccc2)n(-c2ccc(OCCCN3CCCC3)cc2)n1.Cc1ccc(NNCl)cc1.ClCCCN1CCCC1.[H-].[Na+]. The van der Waals surface area contributed by atoms with Crippen LogP contribution >= 0.6 is 70.6 Å². The number of nitrogens with one attached hydrogen (secondary N) is 2. The molecular weight excluding hydrogens is 1840 g/mol. The van der Waals surface area contributed by atoms with Crippen LogP contribution in [-0.2, 0) is 23.9 Å². The first kappa shape index (κ1) is 107. The minimum atomic E-state index is -0.211. The number of allylic oxidation sites excluding steroid dienone is 2. The Hall–Kier alpha value is -10.0. The number of aromatic hydroxyl groups is 1. The number of aromatic nitrogens is 6. The first-order valence-corrected chi connectivity index (χ1v) is 45.5. The van der Waals surface area contributed by atoms with Gasteiger partial charge in [0.1, 0.15) is 23.0 Å². The summed E-state index contributed by atoms with van der Waals surface area (Å²) in [7, 11) is 1.67. The molecule has 2 fully saturated rings. The predicted molar refractivity (Wildman–Crippen MR) is 538 cm³/mol. The van der Waals surface area contributed by atoms with Gasteiger partial charge < -0.3 is 36.0 Å². The molecule has 3 aromatic heterocycles. The van der Waals surface area contributed by atoms with Crippen molar-refractivity contribution in [3.8, 4) is 34.3 Å². The van der Waals surface area contributed by atoms with Gasteiger partial charge in [0.25, 0.3) is 0 Å². The fourth-order valence-electron chi connectivity index (χ4n) is 12.3. The molecule has 9 aromatic carbocycles. The zero-order valence-corrected chi connectivity index (χ0v) is 82.6. The van der Waals surface area contributed by atoms with Crippen molar-refractivity contribution in [1.82, 2.24) is 44.1 Å². The van der Waals surface area contributed by atoms with Crippen molar-refractivity contribution in [2.75, 3.05) is 70.9 Å². The third-order valence-electron chi connectivity index (χ3n) is 18.3. The number of benzene rings is 9. The molecule has 5 heterocycles. The molecule has 2 saturated heterocycles. The number of esters is 1. The Kier molecular flexibility index (Phi) is 54.0. The van der Waals surface area contributed by atoms with E-state index in [4.69, 9.17) is 32.9 Å². The molecule has 18 nitrogen and oxygen atoms in total. The van der Waals surface area contributed by atoms with Gasteiger partial charge in [-0.15, -0.1) is 63.8 Å². The number of hydrazine groups is 1. The van der Waals surface area contributed by atoms with Crippen LogP contribution in [0.5, 0.6) is 17.2 Å². The molecule has 3 N–H and O–H groups in total. The Bertz CT molecular complexity index is 5220. The number of halogens is 5. The molecule has 0 aliphatic carbocycles. The van der Waals surface area contributed by atoms with Crippen molar-refractivity contribution in [3.63, 3.8) is 0 Å². The molecule has 0 saturated carbocycles. The standard InChI is InChI=1S/C25H29N3O.C19H18N2O.C18H16N2O.C12H12O2.C10H10O.C7H9ClN2.C7H14ClN.C4H8O2.BBr3.Na.H/c1-21-20-24(11-10-22-8-3-2-4-9-22)28(26-21)23-12-14-25(15-13-23)29-19-7-18-27-16-5-6-17-27;1-15-14-18(9-8-16-6-4-3-5-7-16)21(20-15)17-10-12-19(22-2)13-11-17;1-14-13-17(8-7-15-5-3-2-4-6-15)20(19-14)16-9-11-18(21)12-10-16;1-10(13)9-12(14)8-7-11-5-3-2-4-6-11;1-9(11)7-8-10-5-3-2-4-6-10;1-6-2-4-7(5-3-6)9-10-8;8-4-3-7-9-5-1-2-6-9;1-3-6-4(2)5;2-1(3)4;;/h2-4,8-15,20H,5-7,16-19H2,1H3;3-14H,1-2H3;2-13,21H,1H3;2-8H,9H2,1H3;2-8H,1H3;2-5,9-10H,1H3;1-7H2;3H2,1-2H3;;;/q;;;;;;;;;+1;-1/b11-10+;9-8+;3*8-7+;;;;;;. The third kappa shape index (κ3) is 46.5. The molecule has 0 amide bonds. The quantitative estimate of drug-likeness (QED) is 0.00641. The molecule has 0 radical (unpaired) electrons. The average molecular weight is 1960 g/mol. The van der Waals surface area contributed by atoms with Crippen LogP contribution in [0.15, 0.2) is 279 Å². The van der Waals surface area contributed by atoms with E-state index in [2.05, 4.69) is 179 Å². The molecule has 662 valence electrons. The fraction of sp³-hybridized carbons (Fsp3) is 0.245. The molecule has 14 rings (SSSR count). The van der Waals surface area contributed by atoms with Gasteiger partial charge in [-0.2, -0.15) is 15.3 Å². The third-order valence-corrected chi connectivity index (χ3v) is 18.6. The zero-order chi connectivity index (χ0) is 90.9. The summed E-state index contributed by atoms with van der Waals surface area (Å²) in [5.74, 6) is 2.44. The summed E-state index contributed by atoms with van der Waals surface area (Å²) in [5.41, 5.74) is 19.5. The Morgan fingerprint density at radius 2 is 0.827 bits per heavy atom. The minimum absolute atomic E-state index is 0. The summed E-state index contributed by atoms with van der Waals surface area (Å²) >= 11 is 20.1. The number of ketones is 3. The summed E-state index contributed by atoms with van der Waals surface area (Å²) in [4.78, 5) is 49.4. The van der Waals surface area contributed by atoms with Crippen LogP contribution in [0.25, 0.3) is 65.7 Å². The van der Waals surface area contributed by atoms with Crippen LogP contribution in [0.4, 0.5) is 5.69 Å². The summed E-state index contributed by atoms with van der Waals surface area (Å²) < 4.78 is 21.6. The molecule has 0 bridgehead atoms. The number of carbonyl (C=O) groups is 4. The second-order valence-corrected chi connectivity index (χ2v) is 35.9. The van der Waals surface area contributed by atoms with Gasteiger partial charge >= 0.3 is 38.7 Å². The van der Waals surface area contributed by atoms with E-state index in [1.54, 1.807) is 45.2 Å². The molecule has 127 heavy (non-hydrogen) atoms. The number of phenolic OH excluding ortho intramolecular Hbond substituents is 1. The Morgan fingerprint density at radius 1 is 0.480 bits per heavy atom. The second kappa shape index (κ2) is 63.8. The number of hydrogen-bond acceptors (Lipinski definition) is 15. The first-order chi connectivity index (χ1) is 61.0. The number of nitrogens with zero attached hydrogens (tertiary/aromatic N) is 8. The summed E-state index contributed by atoms with van der Waals surface area (Å²) in [6, 6.07) is 87.2. The number of ether oxygens (including phenoxy) is 3. The topological polar surface area (TPSA) is 200 Å². The van der Waals surface area contributed by atoms with Crippen molar-refractivity contribution < 1.29 is 69.5 Å². The van der Waals surface area contributed by atoms with E-state index in [-0.39, 0.29) is 69.7 Å². The molecule has 2 aliphatic heterocycles. The zero-order valence-electron chi connectivity index (χ0n) is 75.3. The first-order valence-electron chi connectivity index (χ1n) is 41.8. The van der Waals surface area contributed by atoms with E-state index in [0.717, 1.165) is 117 Å². The maximum atomic E-state index is 11.1. The Morgan fingerprint density at radius 3 is 1.15 bits per heavy atom. The van der Waals surface area contributed by atoms with Gasteiger partial charge in [0.2, 0.25) is 0 Å². The van der Waals surface area contributed by atoms with Crippen molar-refractivity contribution >= 4 is 151 Å². The Labute approximate surface area is 810 Å². The molecular formula is C102H117BBr3Cl2N10NaO8. The largest absolute Gasteiger partial charge is 1.00 e. The van der Waals surface area contributed by atoms with Gasteiger partial charge in [-0.1, -0.05) is 200 Å². The van der Waals surface area contributed by atoms with E-state index < -0.39 is 0 Å². The molecule has 12 aromatic rings. The average Bonchev–Trinajstić information content (AvgIpc) is 1.62. The minimum Gasteiger partial charge on any atom is -1.00 e. The number of alkyl halides is 1. The van der Waals surface area contributed by atoms with Crippen LogP contribution < -0.4 is 49.4 Å². The summed E-state index contributed by atoms with van der Waals surface area (Å²) in [6.45, 7) is 22.9. The number of methoxy groups -OCH3 is 1. The van der Waals surface area contributed by atoms with Crippen molar-refractivity contribution in [1.29, 1.82) is 0 Å². The van der Waals surface area contributed by atoms with Gasteiger partial charge in [0, 0.05) is 25.0 Å². The van der Waals surface area contributed by atoms with Gasteiger partial charge in [-0.3, -0.25) is 19.2 Å². The number of anilines is 1. The van der Waals surface area contributed by atoms with Gasteiger partial charge in [-0.05, 0) is 293 Å². The van der Waals surface area contributed by atoms with E-state index in [1.807, 2.05) is 248 Å². The maximum Gasteiger partial charge on any atom is 1.00 e. The summed E-state index contributed by atoms with van der Waals surface area (Å²) in [6.07, 6.45) is 26.7.